The predicted octanol–water partition coefficient (Wildman–Crippen LogP) is 9.15. The van der Waals surface area contributed by atoms with E-state index in [4.69, 9.17) is 9.47 Å². The van der Waals surface area contributed by atoms with Crippen molar-refractivity contribution in [1.29, 1.82) is 0 Å². The minimum absolute atomic E-state index is 0.141. The number of benzene rings is 4. The highest BCUT2D eigenvalue weighted by molar-refractivity contribution is 9.10. The molecule has 3 atom stereocenters. The lowest BCUT2D eigenvalue weighted by atomic mass is 9.85. The molecule has 5 rings (SSSR count). The number of rotatable bonds is 15. The number of imide groups is 1. The van der Waals surface area contributed by atoms with Crippen LogP contribution in [-0.4, -0.2) is 36.2 Å². The molecule has 1 saturated heterocycles. The molecule has 1 fully saturated rings. The van der Waals surface area contributed by atoms with E-state index in [0.717, 1.165) is 39.7 Å². The van der Waals surface area contributed by atoms with Gasteiger partial charge in [-0.05, 0) is 79.6 Å². The van der Waals surface area contributed by atoms with E-state index in [2.05, 4.69) is 28.2 Å². The normalized spacial score (nSPS) is 15.7. The van der Waals surface area contributed by atoms with Gasteiger partial charge in [0.2, 0.25) is 5.91 Å². The van der Waals surface area contributed by atoms with Gasteiger partial charge in [-0.2, -0.15) is 0 Å². The molecular weight excluding hydrogens is 647 g/mol. The Kier molecular flexibility index (Phi) is 11.8. The summed E-state index contributed by atoms with van der Waals surface area (Å²) in [6, 6.07) is 30.9. The lowest BCUT2D eigenvalue weighted by Gasteiger charge is -2.33. The van der Waals surface area contributed by atoms with Crippen LogP contribution >= 0.6 is 15.9 Å². The number of carbonyl (C=O) groups excluding carboxylic acids is 2. The van der Waals surface area contributed by atoms with Gasteiger partial charge < -0.3 is 14.8 Å². The molecule has 0 spiro atoms. The van der Waals surface area contributed by atoms with E-state index in [-0.39, 0.29) is 18.3 Å². The van der Waals surface area contributed by atoms with E-state index < -0.39 is 24.1 Å². The highest BCUT2D eigenvalue weighted by atomic mass is 79.9. The Balaban J connectivity index is 1.53. The van der Waals surface area contributed by atoms with Crippen molar-refractivity contribution in [3.8, 4) is 5.75 Å². The number of unbranched alkanes of at least 4 members (excludes halogenated alkanes) is 1. The lowest BCUT2D eigenvalue weighted by Crippen LogP contribution is -2.46. The molecule has 8 heteroatoms. The van der Waals surface area contributed by atoms with Crippen LogP contribution in [0.1, 0.15) is 55.3 Å². The summed E-state index contributed by atoms with van der Waals surface area (Å²) >= 11 is 3.60. The van der Waals surface area contributed by atoms with Crippen LogP contribution in [0.25, 0.3) is 0 Å². The molecule has 0 saturated carbocycles. The van der Waals surface area contributed by atoms with Gasteiger partial charge in [0, 0.05) is 15.7 Å². The molecule has 4 aromatic rings. The van der Waals surface area contributed by atoms with Crippen molar-refractivity contribution in [1.82, 2.24) is 4.90 Å². The number of amides is 2. The smallest absolute Gasteiger partial charge is 0.416 e. The van der Waals surface area contributed by atoms with Crippen LogP contribution in [0.2, 0.25) is 0 Å². The maximum atomic E-state index is 14.8. The van der Waals surface area contributed by atoms with Crippen molar-refractivity contribution < 1.29 is 23.5 Å². The zero-order chi connectivity index (χ0) is 32.3. The summed E-state index contributed by atoms with van der Waals surface area (Å²) < 4.78 is 26.3. The van der Waals surface area contributed by atoms with Crippen LogP contribution in [0, 0.1) is 11.7 Å². The highest BCUT2D eigenvalue weighted by Gasteiger charge is 2.43. The fourth-order valence-corrected chi connectivity index (χ4v) is 6.22. The van der Waals surface area contributed by atoms with Gasteiger partial charge in [-0.25, -0.2) is 14.1 Å². The third-order valence-electron chi connectivity index (χ3n) is 8.29. The number of para-hydroxylation sites is 1. The fraction of sp³-hybridized carbons (Fsp3) is 0.316. The number of cyclic esters (lactones) is 1. The van der Waals surface area contributed by atoms with Crippen LogP contribution in [0.3, 0.4) is 0 Å². The Bertz CT molecular complexity index is 1570. The molecule has 1 aliphatic heterocycles. The Morgan fingerprint density at radius 3 is 2.41 bits per heavy atom. The van der Waals surface area contributed by atoms with Gasteiger partial charge in [-0.1, -0.05) is 96.0 Å². The molecule has 1 aliphatic rings. The number of aryl methyl sites for hydroxylation is 1. The van der Waals surface area contributed by atoms with Gasteiger partial charge in [0.1, 0.15) is 18.2 Å². The maximum absolute atomic E-state index is 14.8. The van der Waals surface area contributed by atoms with Crippen LogP contribution in [0.5, 0.6) is 5.75 Å². The van der Waals surface area contributed by atoms with E-state index in [0.29, 0.717) is 38.0 Å². The van der Waals surface area contributed by atoms with Crippen molar-refractivity contribution >= 4 is 33.6 Å². The van der Waals surface area contributed by atoms with Crippen molar-refractivity contribution in [3.63, 3.8) is 0 Å². The summed E-state index contributed by atoms with van der Waals surface area (Å²) in [6.45, 7) is 2.79. The number of nitrogens with zero attached hydrogens (tertiary/aromatic N) is 1. The van der Waals surface area contributed by atoms with Crippen molar-refractivity contribution in [3.05, 3.63) is 130 Å². The first-order valence-corrected chi connectivity index (χ1v) is 16.7. The van der Waals surface area contributed by atoms with Crippen molar-refractivity contribution in [2.75, 3.05) is 18.5 Å². The molecule has 0 aliphatic carbocycles. The molecule has 2 amide bonds. The summed E-state index contributed by atoms with van der Waals surface area (Å²) in [5, 5.41) is 3.64. The topological polar surface area (TPSA) is 67.9 Å². The van der Waals surface area contributed by atoms with Crippen LogP contribution in [-0.2, 0) is 22.4 Å². The summed E-state index contributed by atoms with van der Waals surface area (Å²) in [5.41, 5.74) is 3.68. The van der Waals surface area contributed by atoms with Gasteiger partial charge in [-0.3, -0.25) is 4.79 Å². The van der Waals surface area contributed by atoms with E-state index >= 15 is 0 Å². The number of carbonyl (C=O) groups is 2. The fourth-order valence-electron chi connectivity index (χ4n) is 5.88. The molecule has 1 heterocycles. The van der Waals surface area contributed by atoms with E-state index in [1.807, 2.05) is 78.9 Å². The number of anilines is 1. The third-order valence-corrected chi connectivity index (χ3v) is 8.78. The molecule has 0 unspecified atom stereocenters. The average Bonchev–Trinajstić information content (AvgIpc) is 3.43. The lowest BCUT2D eigenvalue weighted by molar-refractivity contribution is -0.134. The predicted molar refractivity (Wildman–Crippen MR) is 182 cm³/mol. The Labute approximate surface area is 279 Å². The van der Waals surface area contributed by atoms with Crippen LogP contribution < -0.4 is 10.1 Å². The first-order valence-electron chi connectivity index (χ1n) is 15.9. The number of hydrogen-bond acceptors (Lipinski definition) is 5. The molecule has 4 aromatic carbocycles. The van der Waals surface area contributed by atoms with E-state index in [1.165, 1.54) is 17.0 Å². The average molecular weight is 688 g/mol. The Morgan fingerprint density at radius 1 is 0.978 bits per heavy atom. The van der Waals surface area contributed by atoms with Crippen LogP contribution in [0.15, 0.2) is 108 Å². The molecule has 0 radical (unpaired) electrons. The number of nitrogens with one attached hydrogen (secondary N) is 1. The van der Waals surface area contributed by atoms with Gasteiger partial charge in [-0.15, -0.1) is 0 Å². The minimum Gasteiger partial charge on any atom is -0.493 e. The standard InChI is InChI=1S/C38H40BrFN2O4/c1-2-3-23-45-35-25-29(39)19-22-33(35)36(41-31-14-8-5-9-15-31)34(16-10-13-27-17-20-30(40)21-18-27)37(43)42-32(26-46-38(42)44)24-28-11-6-4-7-12-28/h4-9,11-12,14-15,17-22,25,32,34,36,41H,2-3,10,13,16,23-24,26H2,1H3/t32-,34+,36+/m0/s1. The van der Waals surface area contributed by atoms with Gasteiger partial charge in [0.05, 0.1) is 24.6 Å². The third kappa shape index (κ3) is 8.75. The highest BCUT2D eigenvalue weighted by Crippen LogP contribution is 2.39. The molecule has 0 aromatic heterocycles. The second kappa shape index (κ2) is 16.4. The van der Waals surface area contributed by atoms with Gasteiger partial charge in [0.15, 0.2) is 0 Å². The van der Waals surface area contributed by atoms with E-state index in [1.54, 1.807) is 12.1 Å². The maximum Gasteiger partial charge on any atom is 0.416 e. The van der Waals surface area contributed by atoms with Gasteiger partial charge >= 0.3 is 6.09 Å². The van der Waals surface area contributed by atoms with E-state index in [9.17, 15) is 14.0 Å². The minimum atomic E-state index is -0.653. The number of halogens is 2. The number of ether oxygens (including phenoxy) is 2. The summed E-state index contributed by atoms with van der Waals surface area (Å²) in [6.07, 6.45) is 3.52. The molecule has 0 bridgehead atoms. The largest absolute Gasteiger partial charge is 0.493 e. The summed E-state index contributed by atoms with van der Waals surface area (Å²) in [4.78, 5) is 29.3. The molecule has 46 heavy (non-hydrogen) atoms. The first kappa shape index (κ1) is 33.2. The van der Waals surface area contributed by atoms with Crippen LogP contribution in [0.4, 0.5) is 14.9 Å². The monoisotopic (exact) mass is 686 g/mol. The summed E-state index contributed by atoms with van der Waals surface area (Å²) in [5.74, 6) is -0.554. The molecule has 1 N–H and O–H groups in total. The Morgan fingerprint density at radius 2 is 1.70 bits per heavy atom. The van der Waals surface area contributed by atoms with Crippen molar-refractivity contribution in [2.24, 2.45) is 5.92 Å². The summed E-state index contributed by atoms with van der Waals surface area (Å²) in [7, 11) is 0. The zero-order valence-electron chi connectivity index (χ0n) is 26.0. The van der Waals surface area contributed by atoms with Crippen molar-refractivity contribution in [2.45, 2.75) is 57.5 Å². The second-order valence-electron chi connectivity index (χ2n) is 11.6. The number of hydrogen-bond donors (Lipinski definition) is 1. The molecule has 240 valence electrons. The molecular formula is C38H40BrFN2O4. The quantitative estimate of drug-likeness (QED) is 0.126. The zero-order valence-corrected chi connectivity index (χ0v) is 27.6. The van der Waals surface area contributed by atoms with Gasteiger partial charge in [0.25, 0.3) is 0 Å². The SMILES string of the molecule is CCCCOc1cc(Br)ccc1[C@@H](Nc1ccccc1)[C@@H](CCCc1ccc(F)cc1)C(=O)N1C(=O)OC[C@@H]1Cc1ccccc1. The first-order chi connectivity index (χ1) is 22.4. The second-order valence-corrected chi connectivity index (χ2v) is 12.5. The Hall–Kier alpha value is -4.17. The molecule has 6 nitrogen and oxygen atoms in total.